The lowest BCUT2D eigenvalue weighted by Crippen LogP contribution is -2.31. The molecule has 0 aliphatic carbocycles. The van der Waals surface area contributed by atoms with Crippen molar-refractivity contribution in [2.45, 2.75) is 26.0 Å². The van der Waals surface area contributed by atoms with E-state index in [-0.39, 0.29) is 5.91 Å². The van der Waals surface area contributed by atoms with Gasteiger partial charge in [0.25, 0.3) is 0 Å². The summed E-state index contributed by atoms with van der Waals surface area (Å²) in [5, 5.41) is 2.33. The van der Waals surface area contributed by atoms with Crippen molar-refractivity contribution in [2.24, 2.45) is 0 Å². The number of hydrogen-bond donors (Lipinski definition) is 0. The molecule has 1 aliphatic heterocycles. The van der Waals surface area contributed by atoms with Crippen molar-refractivity contribution in [3.63, 3.8) is 0 Å². The number of likely N-dealkylation sites (tertiary alicyclic amines) is 1. The van der Waals surface area contributed by atoms with Crippen molar-refractivity contribution in [1.29, 1.82) is 0 Å². The number of rotatable bonds is 5. The van der Waals surface area contributed by atoms with Crippen LogP contribution in [0.5, 0.6) is 5.75 Å². The molecule has 4 aromatic rings. The second-order valence-electron chi connectivity index (χ2n) is 7.49. The summed E-state index contributed by atoms with van der Waals surface area (Å²) in [6.45, 7) is 2.33. The Kier molecular flexibility index (Phi) is 4.64. The highest BCUT2D eigenvalue weighted by molar-refractivity contribution is 5.84. The molecule has 1 fully saturated rings. The van der Waals surface area contributed by atoms with Crippen LogP contribution in [0.3, 0.4) is 0 Å². The lowest BCUT2D eigenvalue weighted by molar-refractivity contribution is -0.130. The highest BCUT2D eigenvalue weighted by Crippen LogP contribution is 2.23. The van der Waals surface area contributed by atoms with Crippen LogP contribution in [0.2, 0.25) is 0 Å². The number of para-hydroxylation sites is 2. The van der Waals surface area contributed by atoms with Gasteiger partial charge in [0.1, 0.15) is 24.7 Å². The fourth-order valence-corrected chi connectivity index (χ4v) is 4.02. The molecular formula is C24H23N3O2. The molecule has 5 rings (SSSR count). The van der Waals surface area contributed by atoms with Gasteiger partial charge >= 0.3 is 0 Å². The summed E-state index contributed by atoms with van der Waals surface area (Å²) >= 11 is 0. The van der Waals surface area contributed by atoms with Gasteiger partial charge in [-0.2, -0.15) is 0 Å². The molecule has 1 aromatic heterocycles. The highest BCUT2D eigenvalue weighted by Gasteiger charge is 2.21. The van der Waals surface area contributed by atoms with E-state index in [1.165, 1.54) is 5.39 Å². The van der Waals surface area contributed by atoms with Crippen LogP contribution in [0.1, 0.15) is 18.7 Å². The van der Waals surface area contributed by atoms with Crippen molar-refractivity contribution >= 4 is 27.7 Å². The maximum Gasteiger partial charge on any atom is 0.242 e. The van der Waals surface area contributed by atoms with Crippen LogP contribution in [0.25, 0.3) is 21.8 Å². The van der Waals surface area contributed by atoms with Gasteiger partial charge in [-0.3, -0.25) is 4.79 Å². The van der Waals surface area contributed by atoms with Crippen LogP contribution in [0, 0.1) is 0 Å². The third-order valence-electron chi connectivity index (χ3n) is 5.57. The second kappa shape index (κ2) is 7.59. The van der Waals surface area contributed by atoms with Crippen molar-refractivity contribution in [1.82, 2.24) is 14.5 Å². The smallest absolute Gasteiger partial charge is 0.242 e. The minimum atomic E-state index is 0.151. The molecule has 0 saturated carbocycles. The molecule has 0 radical (unpaired) electrons. The minimum Gasteiger partial charge on any atom is -0.486 e. The van der Waals surface area contributed by atoms with Crippen LogP contribution in [-0.2, 0) is 17.9 Å². The summed E-state index contributed by atoms with van der Waals surface area (Å²) in [7, 11) is 0. The molecule has 0 spiro atoms. The van der Waals surface area contributed by atoms with Crippen LogP contribution in [-0.4, -0.2) is 33.4 Å². The number of fused-ring (bicyclic) bond motifs is 2. The zero-order valence-electron chi connectivity index (χ0n) is 16.3. The number of nitrogens with zero attached hydrogens (tertiary/aromatic N) is 3. The fourth-order valence-electron chi connectivity index (χ4n) is 4.02. The molecule has 0 bridgehead atoms. The first-order valence-electron chi connectivity index (χ1n) is 10.1. The Hall–Kier alpha value is -3.34. The van der Waals surface area contributed by atoms with E-state index in [0.717, 1.165) is 53.9 Å². The molecule has 1 aliphatic rings. The summed E-state index contributed by atoms with van der Waals surface area (Å²) in [6, 6.07) is 22.2. The lowest BCUT2D eigenvalue weighted by Gasteiger charge is -2.17. The standard InChI is InChI=1S/C24H23N3O2/c28-24(26-13-5-6-14-26)16-27-22-10-4-3-9-21(22)25-23(27)17-29-20-12-11-18-7-1-2-8-19(18)15-20/h1-4,7-12,15H,5-6,13-14,16-17H2. The first-order chi connectivity index (χ1) is 14.3. The largest absolute Gasteiger partial charge is 0.486 e. The van der Waals surface area contributed by atoms with Crippen LogP contribution >= 0.6 is 0 Å². The van der Waals surface area contributed by atoms with E-state index in [9.17, 15) is 4.79 Å². The molecule has 0 atom stereocenters. The van der Waals surface area contributed by atoms with E-state index >= 15 is 0 Å². The maximum absolute atomic E-state index is 12.8. The van der Waals surface area contributed by atoms with Gasteiger partial charge in [0.15, 0.2) is 0 Å². The topological polar surface area (TPSA) is 47.4 Å². The molecule has 0 N–H and O–H groups in total. The second-order valence-corrected chi connectivity index (χ2v) is 7.49. The Bertz CT molecular complexity index is 1180. The van der Waals surface area contributed by atoms with E-state index in [0.29, 0.717) is 13.2 Å². The Labute approximate surface area is 169 Å². The summed E-state index contributed by atoms with van der Waals surface area (Å²) < 4.78 is 8.07. The summed E-state index contributed by atoms with van der Waals surface area (Å²) in [5.74, 6) is 1.72. The van der Waals surface area contributed by atoms with Gasteiger partial charge in [-0.15, -0.1) is 0 Å². The van der Waals surface area contributed by atoms with Gasteiger partial charge < -0.3 is 14.2 Å². The number of benzene rings is 3. The predicted octanol–water partition coefficient (Wildman–Crippen LogP) is 4.39. The Morgan fingerprint density at radius 3 is 2.55 bits per heavy atom. The number of carbonyl (C=O) groups excluding carboxylic acids is 1. The van der Waals surface area contributed by atoms with Crippen LogP contribution in [0.4, 0.5) is 0 Å². The number of hydrogen-bond acceptors (Lipinski definition) is 3. The first kappa shape index (κ1) is 17.7. The Morgan fingerprint density at radius 2 is 1.69 bits per heavy atom. The minimum absolute atomic E-state index is 0.151. The van der Waals surface area contributed by atoms with Gasteiger partial charge in [-0.05, 0) is 47.9 Å². The summed E-state index contributed by atoms with van der Waals surface area (Å²) in [4.78, 5) is 19.4. The Balaban J connectivity index is 1.41. The molecule has 29 heavy (non-hydrogen) atoms. The monoisotopic (exact) mass is 385 g/mol. The number of carbonyl (C=O) groups is 1. The normalized spacial score (nSPS) is 14.0. The number of amides is 1. The van der Waals surface area contributed by atoms with Gasteiger partial charge in [-0.1, -0.05) is 42.5 Å². The number of imidazole rings is 1. The van der Waals surface area contributed by atoms with Gasteiger partial charge in [0, 0.05) is 13.1 Å². The van der Waals surface area contributed by atoms with Crippen LogP contribution < -0.4 is 4.74 Å². The van der Waals surface area contributed by atoms with E-state index < -0.39 is 0 Å². The maximum atomic E-state index is 12.8. The van der Waals surface area contributed by atoms with Gasteiger partial charge in [0.05, 0.1) is 11.0 Å². The molecule has 3 aromatic carbocycles. The number of ether oxygens (including phenoxy) is 1. The molecule has 5 nitrogen and oxygen atoms in total. The third-order valence-corrected chi connectivity index (χ3v) is 5.57. The molecule has 1 saturated heterocycles. The highest BCUT2D eigenvalue weighted by atomic mass is 16.5. The van der Waals surface area contributed by atoms with Gasteiger partial charge in [-0.25, -0.2) is 4.98 Å². The average Bonchev–Trinajstić information content (AvgIpc) is 3.41. The van der Waals surface area contributed by atoms with E-state index in [1.54, 1.807) is 0 Å². The molecular weight excluding hydrogens is 362 g/mol. The molecule has 2 heterocycles. The zero-order chi connectivity index (χ0) is 19.6. The van der Waals surface area contributed by atoms with E-state index in [1.807, 2.05) is 58.0 Å². The fraction of sp³-hybridized carbons (Fsp3) is 0.250. The molecule has 146 valence electrons. The number of aromatic nitrogens is 2. The van der Waals surface area contributed by atoms with Crippen LogP contribution in [0.15, 0.2) is 66.7 Å². The average molecular weight is 385 g/mol. The van der Waals surface area contributed by atoms with E-state index in [4.69, 9.17) is 9.72 Å². The first-order valence-corrected chi connectivity index (χ1v) is 10.1. The molecule has 5 heteroatoms. The van der Waals surface area contributed by atoms with Crippen molar-refractivity contribution in [3.8, 4) is 5.75 Å². The zero-order valence-corrected chi connectivity index (χ0v) is 16.3. The van der Waals surface area contributed by atoms with E-state index in [2.05, 4.69) is 18.2 Å². The lowest BCUT2D eigenvalue weighted by atomic mass is 10.1. The molecule has 1 amide bonds. The molecule has 0 unspecified atom stereocenters. The summed E-state index contributed by atoms with van der Waals surface area (Å²) in [5.41, 5.74) is 1.86. The SMILES string of the molecule is O=C(Cn1c(COc2ccc3ccccc3c2)nc2ccccc21)N1CCCC1. The third kappa shape index (κ3) is 3.56. The predicted molar refractivity (Wildman–Crippen MR) is 114 cm³/mol. The van der Waals surface area contributed by atoms with Crippen molar-refractivity contribution < 1.29 is 9.53 Å². The van der Waals surface area contributed by atoms with Crippen molar-refractivity contribution in [3.05, 3.63) is 72.6 Å². The quantitative estimate of drug-likeness (QED) is 0.512. The van der Waals surface area contributed by atoms with Crippen molar-refractivity contribution in [2.75, 3.05) is 13.1 Å². The Morgan fingerprint density at radius 1 is 0.931 bits per heavy atom. The van der Waals surface area contributed by atoms with Gasteiger partial charge in [0.2, 0.25) is 5.91 Å². The summed E-state index contributed by atoms with van der Waals surface area (Å²) in [6.07, 6.45) is 2.18.